The first-order chi connectivity index (χ1) is 12.2. The summed E-state index contributed by atoms with van der Waals surface area (Å²) in [6.45, 7) is 0. The molecule has 0 spiro atoms. The summed E-state index contributed by atoms with van der Waals surface area (Å²) in [6, 6.07) is 17.6. The van der Waals surface area contributed by atoms with Gasteiger partial charge < -0.3 is 0 Å². The highest BCUT2D eigenvalue weighted by atomic mass is 35.5. The van der Waals surface area contributed by atoms with Gasteiger partial charge in [0.15, 0.2) is 0 Å². The first kappa shape index (κ1) is 16.5. The van der Waals surface area contributed by atoms with Crippen LogP contribution in [0.5, 0.6) is 0 Å². The van der Waals surface area contributed by atoms with E-state index in [0.717, 1.165) is 38.1 Å². The van der Waals surface area contributed by atoms with E-state index in [2.05, 4.69) is 10.1 Å². The van der Waals surface area contributed by atoms with Gasteiger partial charge in [-0.25, -0.2) is 9.50 Å². The first-order valence-electron chi connectivity index (χ1n) is 7.67. The molecule has 0 fully saturated rings. The number of hydrogen-bond acceptors (Lipinski definition) is 3. The molecule has 0 saturated heterocycles. The molecular formula is C19H13Cl2N3S. The van der Waals surface area contributed by atoms with Crippen molar-refractivity contribution in [3.8, 4) is 11.3 Å². The maximum absolute atomic E-state index is 6.24. The van der Waals surface area contributed by atoms with Gasteiger partial charge >= 0.3 is 0 Å². The number of aromatic nitrogens is 3. The lowest BCUT2D eigenvalue weighted by molar-refractivity contribution is 0.920. The Morgan fingerprint density at radius 3 is 2.72 bits per heavy atom. The van der Waals surface area contributed by atoms with Crippen molar-refractivity contribution >= 4 is 40.5 Å². The van der Waals surface area contributed by atoms with Crippen molar-refractivity contribution in [2.75, 3.05) is 0 Å². The number of rotatable bonds is 4. The van der Waals surface area contributed by atoms with Crippen LogP contribution in [0, 0.1) is 0 Å². The fourth-order valence-electron chi connectivity index (χ4n) is 2.56. The second-order valence-corrected chi connectivity index (χ2v) is 7.29. The van der Waals surface area contributed by atoms with Crippen molar-refractivity contribution in [2.45, 2.75) is 10.8 Å². The summed E-state index contributed by atoms with van der Waals surface area (Å²) < 4.78 is 1.85. The van der Waals surface area contributed by atoms with Gasteiger partial charge in [-0.1, -0.05) is 65.3 Å². The average Bonchev–Trinajstić information content (AvgIpc) is 3.06. The van der Waals surface area contributed by atoms with E-state index < -0.39 is 0 Å². The maximum atomic E-state index is 6.24. The van der Waals surface area contributed by atoms with Gasteiger partial charge in [-0.05, 0) is 29.8 Å². The Morgan fingerprint density at radius 1 is 1.00 bits per heavy atom. The summed E-state index contributed by atoms with van der Waals surface area (Å²) >= 11 is 14.0. The summed E-state index contributed by atoms with van der Waals surface area (Å²) in [5, 5.41) is 7.02. The predicted octanol–water partition coefficient (Wildman–Crippen LogP) is 6.00. The molecule has 2 aromatic carbocycles. The highest BCUT2D eigenvalue weighted by Gasteiger charge is 2.10. The molecule has 0 aliphatic heterocycles. The number of halogens is 2. The molecule has 25 heavy (non-hydrogen) atoms. The normalized spacial score (nSPS) is 11.1. The Hall–Kier alpha value is -2.01. The molecule has 0 saturated carbocycles. The fourth-order valence-corrected chi connectivity index (χ4v) is 4.01. The first-order valence-corrected chi connectivity index (χ1v) is 9.41. The van der Waals surface area contributed by atoms with Crippen LogP contribution in [0.15, 0.2) is 72.0 Å². The summed E-state index contributed by atoms with van der Waals surface area (Å²) in [6.07, 6.45) is 3.61. The van der Waals surface area contributed by atoms with Crippen molar-refractivity contribution in [2.24, 2.45) is 0 Å². The SMILES string of the molecule is Clc1cccc(-c2cc3c(SCc4ccccc4Cl)nccn3n2)c1. The molecule has 0 aliphatic rings. The van der Waals surface area contributed by atoms with E-state index in [-0.39, 0.29) is 0 Å². The van der Waals surface area contributed by atoms with E-state index in [0.29, 0.717) is 5.02 Å². The molecule has 0 amide bonds. The van der Waals surface area contributed by atoms with Gasteiger partial charge in [0.05, 0.1) is 11.2 Å². The molecule has 0 aliphatic carbocycles. The van der Waals surface area contributed by atoms with Crippen LogP contribution in [-0.2, 0) is 5.75 Å². The third-order valence-corrected chi connectivity index (χ3v) is 5.44. The minimum absolute atomic E-state index is 0.695. The Labute approximate surface area is 159 Å². The molecule has 0 N–H and O–H groups in total. The van der Waals surface area contributed by atoms with Gasteiger partial charge in [0, 0.05) is 33.8 Å². The van der Waals surface area contributed by atoms with E-state index in [4.69, 9.17) is 23.2 Å². The highest BCUT2D eigenvalue weighted by molar-refractivity contribution is 7.98. The zero-order chi connectivity index (χ0) is 17.2. The van der Waals surface area contributed by atoms with Crippen LogP contribution in [0.2, 0.25) is 10.0 Å². The Bertz CT molecular complexity index is 1050. The van der Waals surface area contributed by atoms with Gasteiger partial charge in [-0.3, -0.25) is 0 Å². The Balaban J connectivity index is 1.67. The largest absolute Gasteiger partial charge is 0.246 e. The van der Waals surface area contributed by atoms with Crippen molar-refractivity contribution in [3.63, 3.8) is 0 Å². The molecule has 6 heteroatoms. The average molecular weight is 386 g/mol. The smallest absolute Gasteiger partial charge is 0.122 e. The van der Waals surface area contributed by atoms with Crippen LogP contribution in [0.1, 0.15) is 5.56 Å². The summed E-state index contributed by atoms with van der Waals surface area (Å²) in [5.74, 6) is 0.754. The zero-order valence-corrected chi connectivity index (χ0v) is 15.4. The van der Waals surface area contributed by atoms with Gasteiger partial charge in [-0.15, -0.1) is 0 Å². The Morgan fingerprint density at radius 2 is 1.88 bits per heavy atom. The predicted molar refractivity (Wildman–Crippen MR) is 104 cm³/mol. The van der Waals surface area contributed by atoms with Crippen molar-refractivity contribution in [3.05, 3.63) is 82.6 Å². The van der Waals surface area contributed by atoms with Crippen molar-refractivity contribution < 1.29 is 0 Å². The Kier molecular flexibility index (Phi) is 4.66. The van der Waals surface area contributed by atoms with Crippen LogP contribution in [-0.4, -0.2) is 14.6 Å². The van der Waals surface area contributed by atoms with Crippen LogP contribution < -0.4 is 0 Å². The lowest BCUT2D eigenvalue weighted by atomic mass is 10.1. The van der Waals surface area contributed by atoms with Gasteiger partial charge in [0.25, 0.3) is 0 Å². The van der Waals surface area contributed by atoms with Crippen LogP contribution in [0.3, 0.4) is 0 Å². The minimum Gasteiger partial charge on any atom is -0.246 e. The number of hydrogen-bond donors (Lipinski definition) is 0. The summed E-state index contributed by atoms with van der Waals surface area (Å²) in [4.78, 5) is 4.51. The van der Waals surface area contributed by atoms with Crippen LogP contribution >= 0.6 is 35.0 Å². The molecule has 0 unspecified atom stereocenters. The molecule has 4 aromatic rings. The van der Waals surface area contributed by atoms with Crippen LogP contribution in [0.4, 0.5) is 0 Å². The summed E-state index contributed by atoms with van der Waals surface area (Å²) in [7, 11) is 0. The standard InChI is InChI=1S/C19H13Cl2N3S/c20-15-6-3-5-13(10-15)17-11-18-19(22-8-9-24(18)23-17)25-12-14-4-1-2-7-16(14)21/h1-11H,12H2. The molecule has 3 nitrogen and oxygen atoms in total. The van der Waals surface area contributed by atoms with Gasteiger partial charge in [-0.2, -0.15) is 5.10 Å². The molecule has 4 rings (SSSR count). The molecule has 0 radical (unpaired) electrons. The zero-order valence-electron chi connectivity index (χ0n) is 13.1. The topological polar surface area (TPSA) is 30.2 Å². The van der Waals surface area contributed by atoms with Crippen molar-refractivity contribution in [1.29, 1.82) is 0 Å². The van der Waals surface area contributed by atoms with E-state index in [1.165, 1.54) is 0 Å². The highest BCUT2D eigenvalue weighted by Crippen LogP contribution is 2.30. The summed E-state index contributed by atoms with van der Waals surface area (Å²) in [5.41, 5.74) is 3.91. The molecule has 2 aromatic heterocycles. The number of fused-ring (bicyclic) bond motifs is 1. The van der Waals surface area contributed by atoms with Crippen molar-refractivity contribution in [1.82, 2.24) is 14.6 Å². The second kappa shape index (κ2) is 7.08. The third-order valence-electron chi connectivity index (χ3n) is 3.80. The second-order valence-electron chi connectivity index (χ2n) is 5.48. The van der Waals surface area contributed by atoms with E-state index in [1.54, 1.807) is 18.0 Å². The van der Waals surface area contributed by atoms with E-state index in [1.807, 2.05) is 65.3 Å². The minimum atomic E-state index is 0.695. The van der Waals surface area contributed by atoms with Gasteiger partial charge in [0.1, 0.15) is 5.03 Å². The number of benzene rings is 2. The van der Waals surface area contributed by atoms with E-state index >= 15 is 0 Å². The lowest BCUT2D eigenvalue weighted by Crippen LogP contribution is -1.91. The molecule has 0 atom stereocenters. The van der Waals surface area contributed by atoms with Crippen LogP contribution in [0.25, 0.3) is 16.8 Å². The lowest BCUT2D eigenvalue weighted by Gasteiger charge is -2.04. The molecule has 2 heterocycles. The fraction of sp³-hybridized carbons (Fsp3) is 0.0526. The quantitative estimate of drug-likeness (QED) is 0.403. The third kappa shape index (κ3) is 3.52. The molecule has 0 bridgehead atoms. The number of nitrogens with zero attached hydrogens (tertiary/aromatic N) is 3. The monoisotopic (exact) mass is 385 g/mol. The van der Waals surface area contributed by atoms with E-state index in [9.17, 15) is 0 Å². The van der Waals surface area contributed by atoms with Gasteiger partial charge in [0.2, 0.25) is 0 Å². The maximum Gasteiger partial charge on any atom is 0.122 e. The number of thioether (sulfide) groups is 1. The molecule has 124 valence electrons. The molecular weight excluding hydrogens is 373 g/mol.